The monoisotopic (exact) mass is 282 g/mol. The SMILES string of the molecule is NC1=NC(c2ccc(OC(F)(F)F)cc2)c2nccn21. The molecule has 2 N–H and O–H groups in total. The van der Waals surface area contributed by atoms with Crippen LogP contribution in [0.15, 0.2) is 41.7 Å². The summed E-state index contributed by atoms with van der Waals surface area (Å²) < 4.78 is 41.7. The van der Waals surface area contributed by atoms with E-state index in [2.05, 4.69) is 14.7 Å². The summed E-state index contributed by atoms with van der Waals surface area (Å²) in [5.41, 5.74) is 6.42. The van der Waals surface area contributed by atoms with Crippen molar-refractivity contribution in [1.29, 1.82) is 0 Å². The summed E-state index contributed by atoms with van der Waals surface area (Å²) in [4.78, 5) is 8.37. The zero-order valence-corrected chi connectivity index (χ0v) is 10.0. The lowest BCUT2D eigenvalue weighted by atomic mass is 10.1. The average Bonchev–Trinajstić information content (AvgIpc) is 2.93. The molecule has 3 rings (SSSR count). The van der Waals surface area contributed by atoms with Gasteiger partial charge < -0.3 is 10.5 Å². The molecule has 1 aliphatic heterocycles. The number of nitrogens with zero attached hydrogens (tertiary/aromatic N) is 3. The molecule has 2 heterocycles. The van der Waals surface area contributed by atoms with Gasteiger partial charge in [-0.1, -0.05) is 12.1 Å². The van der Waals surface area contributed by atoms with Gasteiger partial charge in [0.15, 0.2) is 0 Å². The summed E-state index contributed by atoms with van der Waals surface area (Å²) in [5.74, 6) is 0.657. The summed E-state index contributed by atoms with van der Waals surface area (Å²) in [5, 5.41) is 0. The predicted octanol–water partition coefficient (Wildman–Crippen LogP) is 2.05. The molecular weight excluding hydrogens is 273 g/mol. The Bertz CT molecular complexity index is 660. The fraction of sp³-hybridized carbons (Fsp3) is 0.167. The van der Waals surface area contributed by atoms with E-state index in [1.807, 2.05) is 0 Å². The second-order valence-corrected chi connectivity index (χ2v) is 4.16. The van der Waals surface area contributed by atoms with E-state index in [9.17, 15) is 13.2 Å². The first-order valence-electron chi connectivity index (χ1n) is 5.66. The van der Waals surface area contributed by atoms with Gasteiger partial charge in [0.1, 0.15) is 17.6 Å². The Morgan fingerprint density at radius 3 is 2.55 bits per heavy atom. The van der Waals surface area contributed by atoms with Crippen molar-refractivity contribution in [3.8, 4) is 5.75 Å². The highest BCUT2D eigenvalue weighted by Crippen LogP contribution is 2.31. The normalized spacial score (nSPS) is 17.8. The molecule has 0 radical (unpaired) electrons. The molecule has 104 valence electrons. The van der Waals surface area contributed by atoms with E-state index >= 15 is 0 Å². The third kappa shape index (κ3) is 2.20. The van der Waals surface area contributed by atoms with Gasteiger partial charge in [-0.2, -0.15) is 0 Å². The van der Waals surface area contributed by atoms with Crippen LogP contribution >= 0.6 is 0 Å². The van der Waals surface area contributed by atoms with Crippen LogP contribution in [0.5, 0.6) is 5.75 Å². The van der Waals surface area contributed by atoms with Crippen molar-refractivity contribution in [2.75, 3.05) is 0 Å². The van der Waals surface area contributed by atoms with Crippen molar-refractivity contribution >= 4 is 5.96 Å². The maximum absolute atomic E-state index is 12.1. The summed E-state index contributed by atoms with van der Waals surface area (Å²) in [7, 11) is 0. The second kappa shape index (κ2) is 4.26. The van der Waals surface area contributed by atoms with E-state index in [1.165, 1.54) is 24.3 Å². The molecule has 1 aliphatic rings. The fourth-order valence-corrected chi connectivity index (χ4v) is 2.04. The number of aliphatic imine (C=N–C) groups is 1. The number of hydrogen-bond donors (Lipinski definition) is 1. The molecule has 0 bridgehead atoms. The Morgan fingerprint density at radius 2 is 1.90 bits per heavy atom. The molecule has 2 aromatic rings. The molecule has 0 fully saturated rings. The molecule has 1 atom stereocenters. The van der Waals surface area contributed by atoms with Crippen molar-refractivity contribution in [3.63, 3.8) is 0 Å². The van der Waals surface area contributed by atoms with Crippen LogP contribution in [-0.2, 0) is 0 Å². The second-order valence-electron chi connectivity index (χ2n) is 4.16. The first-order chi connectivity index (χ1) is 9.44. The van der Waals surface area contributed by atoms with E-state index < -0.39 is 12.4 Å². The van der Waals surface area contributed by atoms with E-state index in [1.54, 1.807) is 17.0 Å². The van der Waals surface area contributed by atoms with Crippen LogP contribution in [0.1, 0.15) is 17.4 Å². The number of nitrogens with two attached hydrogens (primary N) is 1. The van der Waals surface area contributed by atoms with Gasteiger partial charge in [0.05, 0.1) is 0 Å². The Morgan fingerprint density at radius 1 is 1.20 bits per heavy atom. The minimum absolute atomic E-state index is 0.278. The van der Waals surface area contributed by atoms with Crippen molar-refractivity contribution in [1.82, 2.24) is 9.55 Å². The van der Waals surface area contributed by atoms with E-state index in [-0.39, 0.29) is 5.75 Å². The largest absolute Gasteiger partial charge is 0.573 e. The highest BCUT2D eigenvalue weighted by Gasteiger charge is 2.31. The van der Waals surface area contributed by atoms with Crippen molar-refractivity contribution in [2.24, 2.45) is 10.7 Å². The third-order valence-electron chi connectivity index (χ3n) is 2.85. The van der Waals surface area contributed by atoms with Gasteiger partial charge in [-0.25, -0.2) is 9.98 Å². The van der Waals surface area contributed by atoms with Crippen LogP contribution < -0.4 is 10.5 Å². The Labute approximate surface area is 111 Å². The van der Waals surface area contributed by atoms with Gasteiger partial charge in [-0.05, 0) is 17.7 Å². The standard InChI is InChI=1S/C12H9F3N4O/c13-12(14,15)20-8-3-1-7(2-4-8)9-10-17-5-6-19(10)11(16)18-9/h1-6,9H,(H2,16,18). The van der Waals surface area contributed by atoms with Gasteiger partial charge >= 0.3 is 6.36 Å². The number of ether oxygens (including phenoxy) is 1. The number of halogens is 3. The molecule has 0 aliphatic carbocycles. The van der Waals surface area contributed by atoms with Gasteiger partial charge in [0.2, 0.25) is 5.96 Å². The Kier molecular flexibility index (Phi) is 2.66. The molecule has 0 amide bonds. The Hall–Kier alpha value is -2.51. The molecule has 8 heteroatoms. The minimum atomic E-state index is -4.70. The predicted molar refractivity (Wildman–Crippen MR) is 64.2 cm³/mol. The molecule has 1 aromatic heterocycles. The molecular formula is C12H9F3N4O. The zero-order chi connectivity index (χ0) is 14.3. The smallest absolute Gasteiger partial charge is 0.406 e. The molecule has 20 heavy (non-hydrogen) atoms. The van der Waals surface area contributed by atoms with Gasteiger partial charge in [0.25, 0.3) is 0 Å². The lowest BCUT2D eigenvalue weighted by molar-refractivity contribution is -0.274. The minimum Gasteiger partial charge on any atom is -0.406 e. The van der Waals surface area contributed by atoms with E-state index in [0.717, 1.165) is 0 Å². The number of alkyl halides is 3. The van der Waals surface area contributed by atoms with Crippen molar-refractivity contribution in [3.05, 3.63) is 48.0 Å². The number of fused-ring (bicyclic) bond motifs is 1. The molecule has 5 nitrogen and oxygen atoms in total. The maximum Gasteiger partial charge on any atom is 0.573 e. The van der Waals surface area contributed by atoms with Gasteiger partial charge in [-0.15, -0.1) is 13.2 Å². The molecule has 1 unspecified atom stereocenters. The van der Waals surface area contributed by atoms with Crippen LogP contribution in [0, 0.1) is 0 Å². The van der Waals surface area contributed by atoms with Crippen LogP contribution in [0.2, 0.25) is 0 Å². The first-order valence-corrected chi connectivity index (χ1v) is 5.66. The van der Waals surface area contributed by atoms with Crippen molar-refractivity contribution in [2.45, 2.75) is 12.4 Å². The van der Waals surface area contributed by atoms with Crippen LogP contribution in [0.25, 0.3) is 0 Å². The third-order valence-corrected chi connectivity index (χ3v) is 2.85. The highest BCUT2D eigenvalue weighted by atomic mass is 19.4. The number of benzene rings is 1. The number of hydrogen-bond acceptors (Lipinski definition) is 4. The topological polar surface area (TPSA) is 65.4 Å². The van der Waals surface area contributed by atoms with Crippen LogP contribution in [-0.4, -0.2) is 21.9 Å². The number of imidazole rings is 1. The summed E-state index contributed by atoms with van der Waals surface area (Å²) in [6.45, 7) is 0. The van der Waals surface area contributed by atoms with Crippen molar-refractivity contribution < 1.29 is 17.9 Å². The fourth-order valence-electron chi connectivity index (χ4n) is 2.04. The molecule has 0 saturated carbocycles. The summed E-state index contributed by atoms with van der Waals surface area (Å²) >= 11 is 0. The quantitative estimate of drug-likeness (QED) is 0.916. The summed E-state index contributed by atoms with van der Waals surface area (Å²) in [6, 6.07) is 5.07. The molecule has 1 aromatic carbocycles. The number of rotatable bonds is 2. The van der Waals surface area contributed by atoms with E-state index in [0.29, 0.717) is 17.3 Å². The van der Waals surface area contributed by atoms with Gasteiger partial charge in [-0.3, -0.25) is 4.57 Å². The molecule has 0 spiro atoms. The zero-order valence-electron chi connectivity index (χ0n) is 10.0. The van der Waals surface area contributed by atoms with Crippen LogP contribution in [0.4, 0.5) is 13.2 Å². The highest BCUT2D eigenvalue weighted by molar-refractivity contribution is 5.83. The number of aromatic nitrogens is 2. The average molecular weight is 282 g/mol. The Balaban J connectivity index is 1.87. The van der Waals surface area contributed by atoms with Gasteiger partial charge in [0, 0.05) is 12.4 Å². The maximum atomic E-state index is 12.1. The first kappa shape index (κ1) is 12.5. The summed E-state index contributed by atoms with van der Waals surface area (Å²) in [6.07, 6.45) is -1.44. The van der Waals surface area contributed by atoms with E-state index in [4.69, 9.17) is 5.73 Å². The van der Waals surface area contributed by atoms with Crippen LogP contribution in [0.3, 0.4) is 0 Å². The molecule has 0 saturated heterocycles. The lowest BCUT2D eigenvalue weighted by Gasteiger charge is -2.10. The lowest BCUT2D eigenvalue weighted by Crippen LogP contribution is -2.18.